The smallest absolute Gasteiger partial charge is 0.353 e. The first-order valence-electron chi connectivity index (χ1n) is 11.0. The number of fused-ring (bicyclic) bond motifs is 1. The number of ether oxygens (including phenoxy) is 1. The third-order valence-corrected chi connectivity index (χ3v) is 8.33. The number of carbonyl (C=O) groups excluding carboxylic acids is 4. The van der Waals surface area contributed by atoms with Gasteiger partial charge in [0.1, 0.15) is 32.7 Å². The molecule has 0 saturated carbocycles. The molecule has 2 atom stereocenters. The highest BCUT2D eigenvalue weighted by atomic mass is 35.5. The fourth-order valence-corrected chi connectivity index (χ4v) is 6.76. The number of thiazole rings is 1. The molecule has 3 rings (SSSR count). The first kappa shape index (κ1) is 29.7. The summed E-state index contributed by atoms with van der Waals surface area (Å²) in [5, 5.41) is 17.7. The molecular formula is C21H24ClN5O8S3. The van der Waals surface area contributed by atoms with E-state index in [1.54, 1.807) is 20.8 Å². The average molecular weight is 606 g/mol. The summed E-state index contributed by atoms with van der Waals surface area (Å²) in [6, 6.07) is -1.06. The van der Waals surface area contributed by atoms with Gasteiger partial charge in [-0.1, -0.05) is 35.0 Å². The lowest BCUT2D eigenvalue weighted by molar-refractivity contribution is -0.160. The number of nitrogens with one attached hydrogen (secondary N) is 2. The summed E-state index contributed by atoms with van der Waals surface area (Å²) in [6.45, 7) is 6.25. The molecule has 0 radical (unpaired) electrons. The molecule has 3 heterocycles. The number of aliphatic carboxylic acids is 1. The summed E-state index contributed by atoms with van der Waals surface area (Å²) in [5.41, 5.74) is -1.49. The van der Waals surface area contributed by atoms with Crippen molar-refractivity contribution in [3.8, 4) is 0 Å². The van der Waals surface area contributed by atoms with Gasteiger partial charge in [-0.2, -0.15) is 0 Å². The fourth-order valence-electron chi connectivity index (χ4n) is 3.36. The highest BCUT2D eigenvalue weighted by Gasteiger charge is 2.54. The number of carbonyl (C=O) groups is 5. The Morgan fingerprint density at radius 3 is 2.68 bits per heavy atom. The molecule has 3 N–H and O–H groups in total. The molecule has 3 amide bonds. The summed E-state index contributed by atoms with van der Waals surface area (Å²) in [4.78, 5) is 71.6. The molecule has 1 unspecified atom stereocenters. The molecule has 2 aliphatic rings. The van der Waals surface area contributed by atoms with Gasteiger partial charge in [0.05, 0.1) is 0 Å². The van der Waals surface area contributed by atoms with Gasteiger partial charge in [-0.25, -0.2) is 14.6 Å². The van der Waals surface area contributed by atoms with E-state index < -0.39 is 53.1 Å². The number of esters is 1. The van der Waals surface area contributed by atoms with E-state index >= 15 is 0 Å². The third kappa shape index (κ3) is 6.78. The molecule has 1 aromatic heterocycles. The van der Waals surface area contributed by atoms with Gasteiger partial charge in [0.25, 0.3) is 11.8 Å². The van der Waals surface area contributed by atoms with Gasteiger partial charge in [0.15, 0.2) is 10.8 Å². The van der Waals surface area contributed by atoms with Crippen LogP contribution in [0.3, 0.4) is 0 Å². The zero-order valence-corrected chi connectivity index (χ0v) is 23.8. The van der Waals surface area contributed by atoms with Crippen LogP contribution in [0, 0.1) is 0 Å². The largest absolute Gasteiger partial charge is 0.477 e. The van der Waals surface area contributed by atoms with Gasteiger partial charge >= 0.3 is 11.9 Å². The van der Waals surface area contributed by atoms with Crippen molar-refractivity contribution < 1.29 is 38.7 Å². The van der Waals surface area contributed by atoms with Crippen LogP contribution in [0.2, 0.25) is 4.34 Å². The summed E-state index contributed by atoms with van der Waals surface area (Å²) in [5.74, 6) is -2.49. The Bertz CT molecular complexity index is 1210. The van der Waals surface area contributed by atoms with Crippen molar-refractivity contribution in [3.05, 3.63) is 20.6 Å². The Balaban J connectivity index is 1.82. The third-order valence-electron chi connectivity index (χ3n) is 4.71. The van der Waals surface area contributed by atoms with Gasteiger partial charge in [0, 0.05) is 10.7 Å². The molecule has 38 heavy (non-hydrogen) atoms. The Morgan fingerprint density at radius 2 is 2.08 bits per heavy atom. The van der Waals surface area contributed by atoms with E-state index in [-0.39, 0.29) is 20.9 Å². The van der Waals surface area contributed by atoms with Gasteiger partial charge < -0.3 is 25.3 Å². The monoisotopic (exact) mass is 605 g/mol. The van der Waals surface area contributed by atoms with Crippen LogP contribution in [-0.2, 0) is 33.5 Å². The molecule has 0 spiro atoms. The van der Waals surface area contributed by atoms with Crippen LogP contribution in [0.5, 0.6) is 0 Å². The number of nitrogens with zero attached hydrogens (tertiary/aromatic N) is 3. The molecule has 1 fully saturated rings. The lowest BCUT2D eigenvalue weighted by Gasteiger charge is -2.49. The minimum Gasteiger partial charge on any atom is -0.477 e. The molecule has 0 aromatic carbocycles. The van der Waals surface area contributed by atoms with E-state index in [2.05, 4.69) is 20.8 Å². The van der Waals surface area contributed by atoms with Crippen LogP contribution in [0.1, 0.15) is 33.4 Å². The summed E-state index contributed by atoms with van der Waals surface area (Å²) in [7, 11) is 0. The standard InChI is InChI=1S/C21H24ClN5O8S3/c1-5-36-9-7-37-18-13(17(31)27(18)14(9)19(32)33)24-16(30)12(11-15(22)38-20(25-11)23-8-28)26-34-6-10(29)35-21(2,3)4/h8,13,18H,5-7H2,1-4H3,(H,24,30)(H,32,33)(H,23,25,28)/t13?,18-/m0/s1. The van der Waals surface area contributed by atoms with Crippen LogP contribution < -0.4 is 10.6 Å². The summed E-state index contributed by atoms with van der Waals surface area (Å²) >= 11 is 9.71. The second-order valence-corrected chi connectivity index (χ2v) is 12.6. The fraction of sp³-hybridized carbons (Fsp3) is 0.476. The number of aromatic nitrogens is 1. The second-order valence-electron chi connectivity index (χ2n) is 8.57. The molecule has 1 aromatic rings. The van der Waals surface area contributed by atoms with Crippen LogP contribution in [0.15, 0.2) is 15.8 Å². The number of hydrogen-bond acceptors (Lipinski definition) is 12. The number of anilines is 1. The van der Waals surface area contributed by atoms with Crippen molar-refractivity contribution in [1.29, 1.82) is 0 Å². The number of halogens is 1. The summed E-state index contributed by atoms with van der Waals surface area (Å²) < 4.78 is 5.12. The van der Waals surface area contributed by atoms with Crippen LogP contribution in [-0.4, -0.2) is 86.0 Å². The topological polar surface area (TPSA) is 177 Å². The molecule has 17 heteroatoms. The van der Waals surface area contributed by atoms with Crippen molar-refractivity contribution in [1.82, 2.24) is 15.2 Å². The van der Waals surface area contributed by atoms with Crippen molar-refractivity contribution in [2.24, 2.45) is 5.16 Å². The van der Waals surface area contributed by atoms with Crippen molar-refractivity contribution in [2.75, 3.05) is 23.4 Å². The van der Waals surface area contributed by atoms with Crippen LogP contribution >= 0.6 is 46.5 Å². The number of β-lactam (4-membered cyclic amide) rings is 1. The van der Waals surface area contributed by atoms with Crippen molar-refractivity contribution in [2.45, 2.75) is 44.7 Å². The van der Waals surface area contributed by atoms with E-state index in [0.29, 0.717) is 22.8 Å². The predicted octanol–water partition coefficient (Wildman–Crippen LogP) is 1.88. The zero-order chi connectivity index (χ0) is 28.2. The second kappa shape index (κ2) is 12.4. The van der Waals surface area contributed by atoms with E-state index in [1.807, 2.05) is 6.92 Å². The number of rotatable bonds is 11. The maximum absolute atomic E-state index is 13.2. The predicted molar refractivity (Wildman–Crippen MR) is 143 cm³/mol. The highest BCUT2D eigenvalue weighted by molar-refractivity contribution is 8.06. The number of thioether (sulfide) groups is 2. The van der Waals surface area contributed by atoms with Crippen LogP contribution in [0.25, 0.3) is 0 Å². The van der Waals surface area contributed by atoms with E-state index in [0.717, 1.165) is 16.2 Å². The van der Waals surface area contributed by atoms with E-state index in [4.69, 9.17) is 21.2 Å². The number of hydrogen-bond donors (Lipinski definition) is 3. The molecule has 2 aliphatic heterocycles. The lowest BCUT2D eigenvalue weighted by atomic mass is 10.0. The number of amides is 3. The first-order valence-corrected chi connectivity index (χ1v) is 14.2. The van der Waals surface area contributed by atoms with Gasteiger partial charge in [-0.15, -0.1) is 23.5 Å². The SMILES string of the molecule is CCSC1=C(C(=O)O)N2C(=O)C(NC(=O)C(=NOCC(=O)OC(C)(C)C)c3nc(NC=O)sc3Cl)[C@@H]2SC1. The maximum Gasteiger partial charge on any atom is 0.353 e. The quantitative estimate of drug-likeness (QED) is 0.110. The molecule has 13 nitrogen and oxygen atoms in total. The first-order chi connectivity index (χ1) is 17.9. The maximum atomic E-state index is 13.2. The van der Waals surface area contributed by atoms with Gasteiger partial charge in [-0.3, -0.25) is 19.3 Å². The van der Waals surface area contributed by atoms with Crippen LogP contribution in [0.4, 0.5) is 5.13 Å². The number of carboxylic acids is 1. The van der Waals surface area contributed by atoms with E-state index in [9.17, 15) is 29.1 Å². The zero-order valence-electron chi connectivity index (χ0n) is 20.6. The normalized spacial score (nSPS) is 19.3. The number of oxime groups is 1. The van der Waals surface area contributed by atoms with Crippen molar-refractivity contribution in [3.63, 3.8) is 0 Å². The van der Waals surface area contributed by atoms with Gasteiger partial charge in [0.2, 0.25) is 13.0 Å². The molecule has 206 valence electrons. The Hall–Kier alpha value is -2.82. The highest BCUT2D eigenvalue weighted by Crippen LogP contribution is 2.43. The average Bonchev–Trinajstić information content (AvgIpc) is 3.18. The Labute approximate surface area is 234 Å². The van der Waals surface area contributed by atoms with Crippen molar-refractivity contribution >= 4 is 87.5 Å². The van der Waals surface area contributed by atoms with E-state index in [1.165, 1.54) is 23.5 Å². The molecule has 0 bridgehead atoms. The Kier molecular flexibility index (Phi) is 9.67. The molecule has 1 saturated heterocycles. The molecular weight excluding hydrogens is 582 g/mol. The minimum absolute atomic E-state index is 0.0185. The minimum atomic E-state index is -1.23. The molecule has 0 aliphatic carbocycles. The lowest BCUT2D eigenvalue weighted by Crippen LogP contribution is -2.71. The summed E-state index contributed by atoms with van der Waals surface area (Å²) in [6.07, 6.45) is 0.370. The van der Waals surface area contributed by atoms with Gasteiger partial charge in [-0.05, 0) is 26.5 Å². The number of carboxylic acid groups (broad SMARTS) is 1. The Morgan fingerprint density at radius 1 is 1.37 bits per heavy atom.